The molecule has 8 nitrogen and oxygen atoms in total. The van der Waals surface area contributed by atoms with E-state index in [1.165, 1.54) is 0 Å². The number of ether oxygens (including phenoxy) is 2. The molecule has 2 aliphatic heterocycles. The number of carbonyl (C=O) groups is 2. The van der Waals surface area contributed by atoms with Crippen LogP contribution in [0, 0.1) is 0 Å². The molecule has 4 atom stereocenters. The van der Waals surface area contributed by atoms with Crippen LogP contribution in [0.3, 0.4) is 0 Å². The van der Waals surface area contributed by atoms with E-state index in [2.05, 4.69) is 5.32 Å². The number of hydrogen-bond donors (Lipinski definition) is 2. The molecule has 1 aromatic carbocycles. The molecule has 0 radical (unpaired) electrons. The summed E-state index contributed by atoms with van der Waals surface area (Å²) in [5.41, 5.74) is 1.69. The first-order valence-electron chi connectivity index (χ1n) is 9.50. The van der Waals surface area contributed by atoms with Gasteiger partial charge in [0.2, 0.25) is 11.8 Å². The van der Waals surface area contributed by atoms with Crippen LogP contribution in [0.4, 0.5) is 5.69 Å². The van der Waals surface area contributed by atoms with Crippen molar-refractivity contribution in [3.8, 4) is 5.75 Å². The van der Waals surface area contributed by atoms with Gasteiger partial charge in [0.1, 0.15) is 18.0 Å². The number of aliphatic hydroxyl groups excluding tert-OH is 1. The quantitative estimate of drug-likeness (QED) is 0.740. The van der Waals surface area contributed by atoms with Gasteiger partial charge in [0.25, 0.3) is 0 Å². The second kappa shape index (κ2) is 8.46. The average molecular weight is 391 g/mol. The van der Waals surface area contributed by atoms with E-state index in [-0.39, 0.29) is 43.0 Å². The number of aliphatic hydroxyl groups is 1. The highest BCUT2D eigenvalue weighted by atomic mass is 16.6. The second-order valence-corrected chi connectivity index (χ2v) is 7.93. The Labute approximate surface area is 165 Å². The molecule has 2 aliphatic rings. The van der Waals surface area contributed by atoms with Gasteiger partial charge in [-0.1, -0.05) is 0 Å². The van der Waals surface area contributed by atoms with Crippen LogP contribution in [0.5, 0.6) is 5.75 Å². The standard InChI is InChI=1S/C20H29N3O5/c1-22(2)10-18(25)21-12-5-6-16-14(7-12)15-8-13(9-19(26)23(3)4)27-17(11-24)20(15)28-16/h5-7,13,15,17,20,24H,8-11H2,1-4H3,(H,21,25)/t13-,15+,17+,20-/m1/s1. The number of benzene rings is 1. The molecule has 2 heterocycles. The first kappa shape index (κ1) is 20.6. The van der Waals surface area contributed by atoms with E-state index in [0.29, 0.717) is 18.7 Å². The van der Waals surface area contributed by atoms with Crippen molar-refractivity contribution < 1.29 is 24.2 Å². The maximum absolute atomic E-state index is 12.1. The Hall–Kier alpha value is -2.16. The second-order valence-electron chi connectivity index (χ2n) is 7.93. The molecule has 0 aromatic heterocycles. The highest BCUT2D eigenvalue weighted by molar-refractivity contribution is 5.92. The van der Waals surface area contributed by atoms with E-state index in [1.54, 1.807) is 23.9 Å². The van der Waals surface area contributed by atoms with Gasteiger partial charge in [0.05, 0.1) is 25.7 Å². The van der Waals surface area contributed by atoms with E-state index in [0.717, 1.165) is 11.3 Å². The van der Waals surface area contributed by atoms with E-state index >= 15 is 0 Å². The maximum Gasteiger partial charge on any atom is 0.238 e. The third-order valence-corrected chi connectivity index (χ3v) is 5.14. The number of rotatable bonds is 6. The first-order valence-corrected chi connectivity index (χ1v) is 9.50. The molecule has 2 N–H and O–H groups in total. The summed E-state index contributed by atoms with van der Waals surface area (Å²) in [5, 5.41) is 12.7. The van der Waals surface area contributed by atoms with Crippen LogP contribution in [0.2, 0.25) is 0 Å². The van der Waals surface area contributed by atoms with Crippen molar-refractivity contribution in [1.82, 2.24) is 9.80 Å². The summed E-state index contributed by atoms with van der Waals surface area (Å²) in [7, 11) is 7.11. The number of hydrogen-bond acceptors (Lipinski definition) is 6. The SMILES string of the molecule is CN(C)CC(=O)Nc1ccc2c(c1)[C@@H]1C[C@H](CC(=O)N(C)C)O[C@@H](CO)[C@@H]1O2. The van der Waals surface area contributed by atoms with Gasteiger partial charge in [-0.15, -0.1) is 0 Å². The van der Waals surface area contributed by atoms with Crippen LogP contribution in [-0.2, 0) is 14.3 Å². The normalized spacial score (nSPS) is 25.6. The molecule has 8 heteroatoms. The first-order chi connectivity index (χ1) is 13.3. The maximum atomic E-state index is 12.1. The van der Waals surface area contributed by atoms with Crippen LogP contribution in [0.1, 0.15) is 24.3 Å². The number of anilines is 1. The van der Waals surface area contributed by atoms with Gasteiger partial charge in [-0.2, -0.15) is 0 Å². The molecular formula is C20H29N3O5. The molecule has 1 aromatic rings. The highest BCUT2D eigenvalue weighted by Crippen LogP contribution is 2.47. The molecular weight excluding hydrogens is 362 g/mol. The molecule has 0 aliphatic carbocycles. The molecule has 1 saturated heterocycles. The Morgan fingerprint density at radius 1 is 1.25 bits per heavy atom. The minimum atomic E-state index is -0.488. The zero-order valence-electron chi connectivity index (χ0n) is 16.8. The lowest BCUT2D eigenvalue weighted by atomic mass is 9.84. The fourth-order valence-corrected chi connectivity index (χ4v) is 3.83. The van der Waals surface area contributed by atoms with Crippen LogP contribution >= 0.6 is 0 Å². The molecule has 1 fully saturated rings. The van der Waals surface area contributed by atoms with Gasteiger partial charge in [0, 0.05) is 31.3 Å². The predicted molar refractivity (Wildman–Crippen MR) is 104 cm³/mol. The lowest BCUT2D eigenvalue weighted by Crippen LogP contribution is -2.47. The number of fused-ring (bicyclic) bond motifs is 3. The van der Waals surface area contributed by atoms with Gasteiger partial charge in [-0.25, -0.2) is 0 Å². The van der Waals surface area contributed by atoms with Crippen molar-refractivity contribution in [2.24, 2.45) is 0 Å². The lowest BCUT2D eigenvalue weighted by Gasteiger charge is -2.37. The molecule has 154 valence electrons. The highest BCUT2D eigenvalue weighted by Gasteiger charge is 2.46. The largest absolute Gasteiger partial charge is 0.487 e. The minimum Gasteiger partial charge on any atom is -0.487 e. The molecule has 2 amide bonds. The monoisotopic (exact) mass is 391 g/mol. The summed E-state index contributed by atoms with van der Waals surface area (Å²) in [5.74, 6) is 0.646. The third kappa shape index (κ3) is 4.45. The van der Waals surface area contributed by atoms with Crippen molar-refractivity contribution in [1.29, 1.82) is 0 Å². The Kier molecular flexibility index (Phi) is 6.22. The van der Waals surface area contributed by atoms with Crippen LogP contribution in [0.25, 0.3) is 0 Å². The van der Waals surface area contributed by atoms with Crippen molar-refractivity contribution in [2.45, 2.75) is 37.1 Å². The zero-order valence-corrected chi connectivity index (χ0v) is 16.8. The van der Waals surface area contributed by atoms with Gasteiger partial charge < -0.3 is 29.7 Å². The summed E-state index contributed by atoms with van der Waals surface area (Å²) in [4.78, 5) is 27.5. The Morgan fingerprint density at radius 3 is 2.64 bits per heavy atom. The third-order valence-electron chi connectivity index (χ3n) is 5.14. The summed E-state index contributed by atoms with van der Waals surface area (Å²) in [6.07, 6.45) is -0.171. The van der Waals surface area contributed by atoms with E-state index in [4.69, 9.17) is 9.47 Å². The van der Waals surface area contributed by atoms with Crippen LogP contribution in [-0.4, -0.2) is 86.4 Å². The fourth-order valence-electron chi connectivity index (χ4n) is 3.83. The molecule has 28 heavy (non-hydrogen) atoms. The van der Waals surface area contributed by atoms with E-state index in [9.17, 15) is 14.7 Å². The number of carbonyl (C=O) groups excluding carboxylic acids is 2. The Balaban J connectivity index is 1.78. The van der Waals surface area contributed by atoms with Crippen molar-refractivity contribution in [3.63, 3.8) is 0 Å². The lowest BCUT2D eigenvalue weighted by molar-refractivity contribution is -0.147. The summed E-state index contributed by atoms with van der Waals surface area (Å²) in [6.45, 7) is 0.128. The number of amides is 2. The Morgan fingerprint density at radius 2 is 2.00 bits per heavy atom. The van der Waals surface area contributed by atoms with E-state index in [1.807, 2.05) is 32.3 Å². The van der Waals surface area contributed by atoms with Gasteiger partial charge in [-0.3, -0.25) is 9.59 Å². The van der Waals surface area contributed by atoms with Gasteiger partial charge >= 0.3 is 0 Å². The fraction of sp³-hybridized carbons (Fsp3) is 0.600. The predicted octanol–water partition coefficient (Wildman–Crippen LogP) is 0.659. The molecule has 0 unspecified atom stereocenters. The summed E-state index contributed by atoms with van der Waals surface area (Å²) in [6, 6.07) is 5.58. The smallest absolute Gasteiger partial charge is 0.238 e. The number of likely N-dealkylation sites (N-methyl/N-ethyl adjacent to an activating group) is 1. The van der Waals surface area contributed by atoms with Crippen molar-refractivity contribution in [3.05, 3.63) is 23.8 Å². The van der Waals surface area contributed by atoms with E-state index < -0.39 is 6.10 Å². The molecule has 0 saturated carbocycles. The zero-order chi connectivity index (χ0) is 20.4. The minimum absolute atomic E-state index is 0.00608. The number of nitrogens with one attached hydrogen (secondary N) is 1. The van der Waals surface area contributed by atoms with Crippen molar-refractivity contribution in [2.75, 3.05) is 46.7 Å². The molecule has 3 rings (SSSR count). The van der Waals surface area contributed by atoms with Gasteiger partial charge in [0.15, 0.2) is 0 Å². The molecule has 0 spiro atoms. The van der Waals surface area contributed by atoms with Crippen LogP contribution in [0.15, 0.2) is 18.2 Å². The van der Waals surface area contributed by atoms with Gasteiger partial charge in [-0.05, 0) is 38.7 Å². The average Bonchev–Trinajstić information content (AvgIpc) is 2.98. The molecule has 0 bridgehead atoms. The Bertz CT molecular complexity index is 737. The summed E-state index contributed by atoms with van der Waals surface area (Å²) < 4.78 is 12.0. The topological polar surface area (TPSA) is 91.3 Å². The van der Waals surface area contributed by atoms with Crippen LogP contribution < -0.4 is 10.1 Å². The summed E-state index contributed by atoms with van der Waals surface area (Å²) >= 11 is 0. The van der Waals surface area contributed by atoms with Crippen molar-refractivity contribution >= 4 is 17.5 Å². The number of nitrogens with zero attached hydrogens (tertiary/aromatic N) is 2.